The lowest BCUT2D eigenvalue weighted by atomic mass is 10.1. The first-order valence-electron chi connectivity index (χ1n) is 9.34. The number of hydrogen-bond donors (Lipinski definition) is 1. The zero-order chi connectivity index (χ0) is 21.6. The molecule has 1 saturated heterocycles. The zero-order valence-electron chi connectivity index (χ0n) is 17.1. The second-order valence-corrected chi connectivity index (χ2v) is 7.42. The molecule has 1 aromatic rings. The summed E-state index contributed by atoms with van der Waals surface area (Å²) in [6.07, 6.45) is 3.12. The molecule has 9 heteroatoms. The van der Waals surface area contributed by atoms with Gasteiger partial charge in [0.25, 0.3) is 11.1 Å². The lowest BCUT2D eigenvalue weighted by molar-refractivity contribution is -0.135. The van der Waals surface area contributed by atoms with Gasteiger partial charge in [0, 0.05) is 13.1 Å². The predicted molar refractivity (Wildman–Crippen MR) is 111 cm³/mol. The molecule has 0 bridgehead atoms. The molecule has 29 heavy (non-hydrogen) atoms. The van der Waals surface area contributed by atoms with Gasteiger partial charge in [-0.3, -0.25) is 19.3 Å². The van der Waals surface area contributed by atoms with Crippen molar-refractivity contribution in [3.63, 3.8) is 0 Å². The number of imide groups is 1. The molecular formula is C20H26N2O6S. The SMILES string of the molecule is CCCN(CCC)C(=O)CN1C(=O)S/C(=C\c2cc(OC)c(O)c(OC)c2)C1=O. The van der Waals surface area contributed by atoms with E-state index < -0.39 is 11.1 Å². The standard InChI is InChI=1S/C20H26N2O6S/c1-5-7-21(8-6-2)17(23)12-22-19(25)16(29-20(22)26)11-13-9-14(27-3)18(24)15(10-13)28-4/h9-11,24H,5-8,12H2,1-4H3/b16-11-. The van der Waals surface area contributed by atoms with Crippen molar-refractivity contribution >= 4 is 34.9 Å². The van der Waals surface area contributed by atoms with Crippen LogP contribution in [0.5, 0.6) is 17.2 Å². The number of ether oxygens (including phenoxy) is 2. The summed E-state index contributed by atoms with van der Waals surface area (Å²) in [5.41, 5.74) is 0.520. The number of nitrogens with zero attached hydrogens (tertiary/aromatic N) is 2. The Morgan fingerprint density at radius 2 is 1.69 bits per heavy atom. The van der Waals surface area contributed by atoms with Gasteiger partial charge >= 0.3 is 0 Å². The van der Waals surface area contributed by atoms with Crippen molar-refractivity contribution in [3.8, 4) is 17.2 Å². The summed E-state index contributed by atoms with van der Waals surface area (Å²) >= 11 is 0.772. The summed E-state index contributed by atoms with van der Waals surface area (Å²) in [7, 11) is 2.80. The molecule has 1 heterocycles. The number of phenols is 1. The van der Waals surface area contributed by atoms with Crippen molar-refractivity contribution in [1.82, 2.24) is 9.80 Å². The molecule has 1 aliphatic heterocycles. The quantitative estimate of drug-likeness (QED) is 0.611. The van der Waals surface area contributed by atoms with Gasteiger partial charge in [0.1, 0.15) is 6.54 Å². The van der Waals surface area contributed by atoms with Crippen LogP contribution >= 0.6 is 11.8 Å². The summed E-state index contributed by atoms with van der Waals surface area (Å²) in [5, 5.41) is 9.52. The lowest BCUT2D eigenvalue weighted by Gasteiger charge is -2.23. The number of aromatic hydroxyl groups is 1. The van der Waals surface area contributed by atoms with Gasteiger partial charge in [0.15, 0.2) is 11.5 Å². The molecule has 1 aromatic carbocycles. The van der Waals surface area contributed by atoms with E-state index in [2.05, 4.69) is 0 Å². The third-order valence-corrected chi connectivity index (χ3v) is 5.21. The van der Waals surface area contributed by atoms with Gasteiger partial charge in [-0.15, -0.1) is 0 Å². The van der Waals surface area contributed by atoms with E-state index in [-0.39, 0.29) is 34.6 Å². The number of thioether (sulfide) groups is 1. The highest BCUT2D eigenvalue weighted by Crippen LogP contribution is 2.39. The highest BCUT2D eigenvalue weighted by molar-refractivity contribution is 8.18. The summed E-state index contributed by atoms with van der Waals surface area (Å²) in [5.74, 6) is -0.560. The number of hydrogen-bond acceptors (Lipinski definition) is 7. The number of methoxy groups -OCH3 is 2. The average Bonchev–Trinajstić information content (AvgIpc) is 2.96. The average molecular weight is 423 g/mol. The summed E-state index contributed by atoms with van der Waals surface area (Å²) in [6.45, 7) is 4.85. The van der Waals surface area contributed by atoms with Crippen LogP contribution in [0.25, 0.3) is 6.08 Å². The molecule has 0 aliphatic carbocycles. The number of carbonyl (C=O) groups excluding carboxylic acids is 3. The molecule has 0 radical (unpaired) electrons. The highest BCUT2D eigenvalue weighted by Gasteiger charge is 2.37. The number of rotatable bonds is 9. The van der Waals surface area contributed by atoms with E-state index in [4.69, 9.17) is 9.47 Å². The molecule has 1 aliphatic rings. The third-order valence-electron chi connectivity index (χ3n) is 4.31. The minimum atomic E-state index is -0.521. The first-order valence-corrected chi connectivity index (χ1v) is 10.2. The molecular weight excluding hydrogens is 396 g/mol. The minimum absolute atomic E-state index is 0.155. The maximum absolute atomic E-state index is 12.7. The predicted octanol–water partition coefficient (Wildman–Crippen LogP) is 3.09. The van der Waals surface area contributed by atoms with Crippen LogP contribution in [0.1, 0.15) is 32.3 Å². The molecule has 8 nitrogen and oxygen atoms in total. The second kappa shape index (κ2) is 10.2. The Morgan fingerprint density at radius 1 is 1.14 bits per heavy atom. The van der Waals surface area contributed by atoms with E-state index in [1.165, 1.54) is 32.4 Å². The summed E-state index contributed by atoms with van der Waals surface area (Å²) in [6, 6.07) is 3.06. The van der Waals surface area contributed by atoms with Crippen LogP contribution in [0.2, 0.25) is 0 Å². The highest BCUT2D eigenvalue weighted by atomic mass is 32.2. The Morgan fingerprint density at radius 3 is 2.17 bits per heavy atom. The van der Waals surface area contributed by atoms with Gasteiger partial charge in [-0.25, -0.2) is 0 Å². The molecule has 1 fully saturated rings. The Bertz CT molecular complexity index is 792. The number of benzene rings is 1. The molecule has 158 valence electrons. The number of phenolic OH excluding ortho intramolecular Hbond substituents is 1. The summed E-state index contributed by atoms with van der Waals surface area (Å²) in [4.78, 5) is 40.4. The first kappa shape index (κ1) is 22.6. The fourth-order valence-corrected chi connectivity index (χ4v) is 3.76. The molecule has 0 spiro atoms. The fourth-order valence-electron chi connectivity index (χ4n) is 2.92. The number of amides is 3. The molecule has 2 rings (SSSR count). The molecule has 0 atom stereocenters. The Labute approximate surface area is 174 Å². The second-order valence-electron chi connectivity index (χ2n) is 6.42. The number of carbonyl (C=O) groups is 3. The van der Waals surface area contributed by atoms with E-state index in [1.807, 2.05) is 13.8 Å². The van der Waals surface area contributed by atoms with Gasteiger partial charge in [-0.05, 0) is 48.4 Å². The van der Waals surface area contributed by atoms with Gasteiger partial charge in [-0.2, -0.15) is 0 Å². The van der Waals surface area contributed by atoms with E-state index >= 15 is 0 Å². The van der Waals surface area contributed by atoms with Crippen LogP contribution in [-0.2, 0) is 9.59 Å². The topological polar surface area (TPSA) is 96.4 Å². The van der Waals surface area contributed by atoms with Crippen molar-refractivity contribution < 1.29 is 29.0 Å². The van der Waals surface area contributed by atoms with Crippen LogP contribution in [0.4, 0.5) is 4.79 Å². The Balaban J connectivity index is 2.23. The zero-order valence-corrected chi connectivity index (χ0v) is 17.9. The van der Waals surface area contributed by atoms with E-state index in [1.54, 1.807) is 4.90 Å². The molecule has 1 N–H and O–H groups in total. The van der Waals surface area contributed by atoms with Crippen molar-refractivity contribution in [1.29, 1.82) is 0 Å². The van der Waals surface area contributed by atoms with Gasteiger partial charge in [0.2, 0.25) is 11.7 Å². The van der Waals surface area contributed by atoms with Crippen molar-refractivity contribution in [2.45, 2.75) is 26.7 Å². The van der Waals surface area contributed by atoms with Crippen LogP contribution in [0.3, 0.4) is 0 Å². The third kappa shape index (κ3) is 5.23. The van der Waals surface area contributed by atoms with Crippen molar-refractivity contribution in [2.75, 3.05) is 33.9 Å². The first-order chi connectivity index (χ1) is 13.9. The monoisotopic (exact) mass is 422 g/mol. The van der Waals surface area contributed by atoms with E-state index in [0.717, 1.165) is 29.5 Å². The largest absolute Gasteiger partial charge is 0.502 e. The van der Waals surface area contributed by atoms with E-state index in [0.29, 0.717) is 18.7 Å². The summed E-state index contributed by atoms with van der Waals surface area (Å²) < 4.78 is 10.2. The van der Waals surface area contributed by atoms with Crippen LogP contribution in [-0.4, -0.2) is 65.8 Å². The molecule has 0 unspecified atom stereocenters. The fraction of sp³-hybridized carbons (Fsp3) is 0.450. The van der Waals surface area contributed by atoms with Crippen molar-refractivity contribution in [2.24, 2.45) is 0 Å². The van der Waals surface area contributed by atoms with Crippen molar-refractivity contribution in [3.05, 3.63) is 22.6 Å². The van der Waals surface area contributed by atoms with E-state index in [9.17, 15) is 19.5 Å². The lowest BCUT2D eigenvalue weighted by Crippen LogP contribution is -2.42. The van der Waals surface area contributed by atoms with Crippen LogP contribution < -0.4 is 9.47 Å². The smallest absolute Gasteiger partial charge is 0.294 e. The van der Waals surface area contributed by atoms with Crippen LogP contribution in [0.15, 0.2) is 17.0 Å². The Kier molecular flexibility index (Phi) is 7.95. The molecule has 0 saturated carbocycles. The Hall–Kier alpha value is -2.68. The van der Waals surface area contributed by atoms with Gasteiger partial charge in [0.05, 0.1) is 19.1 Å². The maximum atomic E-state index is 12.7. The maximum Gasteiger partial charge on any atom is 0.294 e. The van der Waals surface area contributed by atoms with Gasteiger partial charge in [-0.1, -0.05) is 13.8 Å². The molecule has 0 aromatic heterocycles. The molecule has 3 amide bonds. The van der Waals surface area contributed by atoms with Crippen LogP contribution in [0, 0.1) is 0 Å². The van der Waals surface area contributed by atoms with Gasteiger partial charge < -0.3 is 19.5 Å². The minimum Gasteiger partial charge on any atom is -0.502 e. The normalized spacial score (nSPS) is 15.2.